The number of ether oxygens (including phenoxy) is 1. The topological polar surface area (TPSA) is 117 Å². The average Bonchev–Trinajstić information content (AvgIpc) is 3.45. The van der Waals surface area contributed by atoms with Gasteiger partial charge >= 0.3 is 0 Å². The summed E-state index contributed by atoms with van der Waals surface area (Å²) in [4.78, 5) is 9.38. The summed E-state index contributed by atoms with van der Waals surface area (Å²) in [5.74, 6) is 0.925. The van der Waals surface area contributed by atoms with Gasteiger partial charge in [0, 0.05) is 49.9 Å². The largest absolute Gasteiger partial charge is 0.471 e. The molecule has 9 nitrogen and oxygen atoms in total. The lowest BCUT2D eigenvalue weighted by atomic mass is 9.90. The van der Waals surface area contributed by atoms with Gasteiger partial charge in [0.25, 0.3) is 0 Å². The van der Waals surface area contributed by atoms with E-state index in [1.54, 1.807) is 15.6 Å². The molecule has 170 valence electrons. The van der Waals surface area contributed by atoms with Crippen LogP contribution in [0.4, 0.5) is 0 Å². The molecule has 1 saturated carbocycles. The van der Waals surface area contributed by atoms with Crippen molar-refractivity contribution >= 4 is 0 Å². The molecule has 3 N–H and O–H groups in total. The number of aryl methyl sites for hydroxylation is 2. The molecule has 1 aliphatic rings. The third kappa shape index (κ3) is 4.37. The minimum Gasteiger partial charge on any atom is -0.471 e. The Hall–Kier alpha value is -3.56. The van der Waals surface area contributed by atoms with Gasteiger partial charge in [0.15, 0.2) is 5.82 Å². The first-order valence-corrected chi connectivity index (χ1v) is 11.0. The fraction of sp³-hybridized carbons (Fsp3) is 0.333. The van der Waals surface area contributed by atoms with Gasteiger partial charge in [-0.1, -0.05) is 18.2 Å². The number of rotatable bonds is 5. The number of nitrogens with two attached hydrogens (primary N) is 1. The maximum absolute atomic E-state index is 10.6. The van der Waals surface area contributed by atoms with E-state index in [4.69, 9.17) is 15.5 Å². The second-order valence-corrected chi connectivity index (χ2v) is 8.51. The Morgan fingerprint density at radius 1 is 1.06 bits per heavy atom. The minimum atomic E-state index is -0.748. The smallest absolute Gasteiger partial charge is 0.227 e. The lowest BCUT2D eigenvalue weighted by molar-refractivity contribution is -0.00771. The summed E-state index contributed by atoms with van der Waals surface area (Å²) in [5.41, 5.74) is 10.4. The number of hydrogen-bond donors (Lipinski definition) is 2. The first kappa shape index (κ1) is 21.3. The summed E-state index contributed by atoms with van der Waals surface area (Å²) in [6.45, 7) is 0. The van der Waals surface area contributed by atoms with Crippen molar-refractivity contribution in [1.29, 1.82) is 0 Å². The van der Waals surface area contributed by atoms with Gasteiger partial charge in [0.1, 0.15) is 12.2 Å². The van der Waals surface area contributed by atoms with Gasteiger partial charge in [-0.05, 0) is 37.0 Å². The van der Waals surface area contributed by atoms with Crippen LogP contribution in [0.2, 0.25) is 0 Å². The maximum atomic E-state index is 10.6. The molecule has 0 aliphatic heterocycles. The molecule has 3 aromatic heterocycles. The highest BCUT2D eigenvalue weighted by Crippen LogP contribution is 2.32. The van der Waals surface area contributed by atoms with Crippen LogP contribution in [0.15, 0.2) is 55.1 Å². The molecule has 3 atom stereocenters. The molecule has 0 amide bonds. The number of aromatic nitrogens is 6. The molecule has 4 aromatic rings. The summed E-state index contributed by atoms with van der Waals surface area (Å²) in [6, 6.07) is 9.57. The Balaban J connectivity index is 1.54. The number of benzene rings is 1. The van der Waals surface area contributed by atoms with E-state index in [2.05, 4.69) is 15.2 Å². The van der Waals surface area contributed by atoms with Crippen LogP contribution in [0.3, 0.4) is 0 Å². The first-order chi connectivity index (χ1) is 16.0. The van der Waals surface area contributed by atoms with Crippen molar-refractivity contribution < 1.29 is 9.84 Å². The molecule has 1 fully saturated rings. The minimum absolute atomic E-state index is 0.306. The van der Waals surface area contributed by atoms with Crippen molar-refractivity contribution in [2.24, 2.45) is 19.8 Å². The highest BCUT2D eigenvalue weighted by Gasteiger charge is 2.32. The van der Waals surface area contributed by atoms with Crippen molar-refractivity contribution in [3.8, 4) is 39.7 Å². The summed E-state index contributed by atoms with van der Waals surface area (Å²) in [6.07, 6.45) is 8.59. The van der Waals surface area contributed by atoms with E-state index < -0.39 is 12.2 Å². The van der Waals surface area contributed by atoms with Crippen molar-refractivity contribution in [3.05, 3.63) is 55.1 Å². The number of aliphatic hydroxyl groups is 1. The molecule has 9 heteroatoms. The van der Waals surface area contributed by atoms with E-state index in [9.17, 15) is 5.11 Å². The van der Waals surface area contributed by atoms with Crippen molar-refractivity contribution in [1.82, 2.24) is 29.5 Å². The standard InChI is InChI=1S/C24H27N7O2/c1-30-10-9-20(29-30)18-13-26-23(28-24(18)33-21-8-4-7-19(25)22(21)32)16-6-3-5-15(11-16)17-12-27-31(2)14-17/h3,5-6,9-14,19,21-22,32H,4,7-8,25H2,1-2H3/t19-,21-,22+/m1/s1. The summed E-state index contributed by atoms with van der Waals surface area (Å²) < 4.78 is 9.76. The molecule has 0 bridgehead atoms. The molecule has 5 rings (SSSR count). The predicted molar refractivity (Wildman–Crippen MR) is 124 cm³/mol. The van der Waals surface area contributed by atoms with Crippen LogP contribution in [-0.2, 0) is 14.1 Å². The van der Waals surface area contributed by atoms with Gasteiger partial charge in [-0.3, -0.25) is 9.36 Å². The number of nitrogens with zero attached hydrogens (tertiary/aromatic N) is 6. The third-order valence-corrected chi connectivity index (χ3v) is 6.01. The fourth-order valence-electron chi connectivity index (χ4n) is 4.18. The SMILES string of the molecule is Cn1cc(-c2cccc(-c3ncc(-c4ccn(C)n4)c(O[C@@H]4CCC[C@@H](N)[C@@H]4O)n3)c2)cn1. The Kier molecular flexibility index (Phi) is 5.65. The predicted octanol–water partition coefficient (Wildman–Crippen LogP) is 2.56. The second-order valence-electron chi connectivity index (χ2n) is 8.51. The second kappa shape index (κ2) is 8.76. The lowest BCUT2D eigenvalue weighted by Gasteiger charge is -2.32. The van der Waals surface area contributed by atoms with Gasteiger partial charge in [0.05, 0.1) is 17.5 Å². The fourth-order valence-corrected chi connectivity index (χ4v) is 4.18. The Bertz CT molecular complexity index is 1270. The molecule has 0 spiro atoms. The molecule has 0 unspecified atom stereocenters. The van der Waals surface area contributed by atoms with Gasteiger partial charge < -0.3 is 15.6 Å². The van der Waals surface area contributed by atoms with Crippen molar-refractivity contribution in [2.45, 2.75) is 37.5 Å². The van der Waals surface area contributed by atoms with Gasteiger partial charge in [-0.15, -0.1) is 0 Å². The van der Waals surface area contributed by atoms with Crippen molar-refractivity contribution in [2.75, 3.05) is 0 Å². The Morgan fingerprint density at radius 2 is 1.91 bits per heavy atom. The molecular weight excluding hydrogens is 418 g/mol. The Morgan fingerprint density at radius 3 is 2.67 bits per heavy atom. The maximum Gasteiger partial charge on any atom is 0.227 e. The van der Waals surface area contributed by atoms with Crippen LogP contribution < -0.4 is 10.5 Å². The molecule has 0 saturated heterocycles. The number of aliphatic hydroxyl groups excluding tert-OH is 1. The normalized spacial score (nSPS) is 20.7. The van der Waals surface area contributed by atoms with Gasteiger partial charge in [-0.25, -0.2) is 4.98 Å². The van der Waals surface area contributed by atoms with E-state index in [-0.39, 0.29) is 6.04 Å². The first-order valence-electron chi connectivity index (χ1n) is 11.0. The van der Waals surface area contributed by atoms with E-state index in [1.807, 2.05) is 63.0 Å². The van der Waals surface area contributed by atoms with Gasteiger partial charge in [0.2, 0.25) is 5.88 Å². The molecule has 33 heavy (non-hydrogen) atoms. The average molecular weight is 446 g/mol. The van der Waals surface area contributed by atoms with Crippen LogP contribution in [0.1, 0.15) is 19.3 Å². The van der Waals surface area contributed by atoms with Crippen LogP contribution in [0, 0.1) is 0 Å². The molecular formula is C24H27N7O2. The van der Waals surface area contributed by atoms with Crippen LogP contribution >= 0.6 is 0 Å². The summed E-state index contributed by atoms with van der Waals surface area (Å²) in [5, 5.41) is 19.3. The zero-order valence-electron chi connectivity index (χ0n) is 18.7. The quantitative estimate of drug-likeness (QED) is 0.485. The van der Waals surface area contributed by atoms with Crippen LogP contribution in [0.5, 0.6) is 5.88 Å². The Labute approximate surface area is 191 Å². The lowest BCUT2D eigenvalue weighted by Crippen LogP contribution is -2.48. The molecule has 1 aliphatic carbocycles. The van der Waals surface area contributed by atoms with E-state index >= 15 is 0 Å². The molecule has 3 heterocycles. The summed E-state index contributed by atoms with van der Waals surface area (Å²) >= 11 is 0. The van der Waals surface area contributed by atoms with E-state index in [1.165, 1.54) is 0 Å². The van der Waals surface area contributed by atoms with Crippen LogP contribution in [0.25, 0.3) is 33.8 Å². The number of hydrogen-bond acceptors (Lipinski definition) is 7. The zero-order chi connectivity index (χ0) is 22.9. The molecule has 1 aromatic carbocycles. The highest BCUT2D eigenvalue weighted by atomic mass is 16.5. The van der Waals surface area contributed by atoms with E-state index in [0.717, 1.165) is 29.5 Å². The zero-order valence-corrected chi connectivity index (χ0v) is 18.7. The van der Waals surface area contributed by atoms with Crippen molar-refractivity contribution in [3.63, 3.8) is 0 Å². The monoisotopic (exact) mass is 445 g/mol. The highest BCUT2D eigenvalue weighted by molar-refractivity contribution is 5.71. The third-order valence-electron chi connectivity index (χ3n) is 6.01. The summed E-state index contributed by atoms with van der Waals surface area (Å²) in [7, 11) is 3.75. The molecule has 0 radical (unpaired) electrons. The van der Waals surface area contributed by atoms with E-state index in [0.29, 0.717) is 29.4 Å². The van der Waals surface area contributed by atoms with Crippen LogP contribution in [-0.4, -0.2) is 52.9 Å². The van der Waals surface area contributed by atoms with Gasteiger partial charge in [-0.2, -0.15) is 15.2 Å².